The van der Waals surface area contributed by atoms with E-state index in [0.29, 0.717) is 5.56 Å². The Hall–Kier alpha value is -1.27. The molecule has 0 saturated carbocycles. The average Bonchev–Trinajstić information content (AvgIpc) is 2.39. The van der Waals surface area contributed by atoms with E-state index >= 15 is 0 Å². The Morgan fingerprint density at radius 1 is 1.23 bits per heavy atom. The summed E-state index contributed by atoms with van der Waals surface area (Å²) in [6.07, 6.45) is -0.683. The predicted molar refractivity (Wildman–Crippen MR) is 84.0 cm³/mol. The first-order valence-electron chi connectivity index (χ1n) is 7.17. The van der Waals surface area contributed by atoms with Crippen LogP contribution in [0.2, 0.25) is 18.1 Å². The van der Waals surface area contributed by atoms with E-state index in [1.165, 1.54) is 13.2 Å². The van der Waals surface area contributed by atoms with E-state index in [0.717, 1.165) is 12.1 Å². The molecule has 124 valence electrons. The van der Waals surface area contributed by atoms with E-state index in [2.05, 4.69) is 25.5 Å². The van der Waals surface area contributed by atoms with Crippen molar-refractivity contribution in [1.29, 1.82) is 0 Å². The van der Waals surface area contributed by atoms with Crippen LogP contribution in [0.1, 0.15) is 38.9 Å². The van der Waals surface area contributed by atoms with Crippen LogP contribution in [0.5, 0.6) is 0 Å². The number of benzene rings is 1. The van der Waals surface area contributed by atoms with Gasteiger partial charge < -0.3 is 9.16 Å². The zero-order chi connectivity index (χ0) is 17.1. The molecular formula is C16H24F2O3Si. The molecule has 0 aliphatic heterocycles. The molecule has 0 saturated heterocycles. The number of rotatable bonds is 5. The molecule has 3 nitrogen and oxygen atoms in total. The van der Waals surface area contributed by atoms with Crippen molar-refractivity contribution in [3.63, 3.8) is 0 Å². The molecule has 0 N–H and O–H groups in total. The molecule has 0 spiro atoms. The normalized spacial score (nSPS) is 13.8. The summed E-state index contributed by atoms with van der Waals surface area (Å²) in [5.41, 5.74) is 0.439. The number of hydrogen-bond acceptors (Lipinski definition) is 3. The maximum Gasteiger partial charge on any atom is 0.308 e. The van der Waals surface area contributed by atoms with Gasteiger partial charge in [-0.05, 0) is 35.8 Å². The Morgan fingerprint density at radius 2 is 1.82 bits per heavy atom. The minimum atomic E-state index is -2.19. The van der Waals surface area contributed by atoms with Gasteiger partial charge >= 0.3 is 5.97 Å². The summed E-state index contributed by atoms with van der Waals surface area (Å²) in [4.78, 5) is 11.6. The van der Waals surface area contributed by atoms with Gasteiger partial charge in [-0.15, -0.1) is 0 Å². The van der Waals surface area contributed by atoms with Gasteiger partial charge in [-0.2, -0.15) is 0 Å². The highest BCUT2D eigenvalue weighted by molar-refractivity contribution is 6.74. The molecule has 0 unspecified atom stereocenters. The molecule has 0 bridgehead atoms. The molecule has 1 atom stereocenters. The van der Waals surface area contributed by atoms with Crippen LogP contribution >= 0.6 is 0 Å². The summed E-state index contributed by atoms with van der Waals surface area (Å²) in [6, 6.07) is 3.57. The molecule has 22 heavy (non-hydrogen) atoms. The van der Waals surface area contributed by atoms with E-state index in [1.54, 1.807) is 0 Å². The van der Waals surface area contributed by atoms with Crippen molar-refractivity contribution >= 4 is 14.3 Å². The second-order valence-corrected chi connectivity index (χ2v) is 11.6. The van der Waals surface area contributed by atoms with Crippen molar-refractivity contribution in [2.24, 2.45) is 0 Å². The quantitative estimate of drug-likeness (QED) is 0.585. The standard InChI is InChI=1S/C16H24F2O3Si/c1-16(2,3)22(5,6)21-14(10-15(19)20-4)11-7-8-12(17)13(18)9-11/h7-9,14H,10H2,1-6H3/t14-/m1/s1. The maximum absolute atomic E-state index is 13.5. The third kappa shape index (κ3) is 4.61. The fourth-order valence-electron chi connectivity index (χ4n) is 1.71. The lowest BCUT2D eigenvalue weighted by Crippen LogP contribution is -2.42. The zero-order valence-electron chi connectivity index (χ0n) is 14.0. The van der Waals surface area contributed by atoms with Crippen LogP contribution in [0, 0.1) is 11.6 Å². The monoisotopic (exact) mass is 330 g/mol. The Labute approximate surface area is 131 Å². The number of halogens is 2. The van der Waals surface area contributed by atoms with Gasteiger partial charge in [0.15, 0.2) is 20.0 Å². The second-order valence-electron chi connectivity index (χ2n) is 6.82. The van der Waals surface area contributed by atoms with Gasteiger partial charge in [0, 0.05) is 0 Å². The summed E-state index contributed by atoms with van der Waals surface area (Å²) in [5, 5.41) is -0.0695. The van der Waals surface area contributed by atoms with Crippen molar-refractivity contribution in [2.75, 3.05) is 7.11 Å². The number of esters is 1. The number of carbonyl (C=O) groups excluding carboxylic acids is 1. The summed E-state index contributed by atoms with van der Waals surface area (Å²) < 4.78 is 37.5. The van der Waals surface area contributed by atoms with Gasteiger partial charge in [0.05, 0.1) is 19.6 Å². The SMILES string of the molecule is COC(=O)C[C@@H](O[Si](C)(C)C(C)(C)C)c1ccc(F)c(F)c1. The Kier molecular flexibility index (Phi) is 5.87. The van der Waals surface area contributed by atoms with E-state index in [9.17, 15) is 13.6 Å². The molecule has 0 aliphatic carbocycles. The largest absolute Gasteiger partial charge is 0.469 e. The van der Waals surface area contributed by atoms with Crippen molar-refractivity contribution in [3.8, 4) is 0 Å². The molecule has 1 aromatic rings. The number of ether oxygens (including phenoxy) is 1. The lowest BCUT2D eigenvalue weighted by molar-refractivity contribution is -0.142. The zero-order valence-corrected chi connectivity index (χ0v) is 15.0. The van der Waals surface area contributed by atoms with E-state index in [1.807, 2.05) is 13.1 Å². The first kappa shape index (κ1) is 18.8. The lowest BCUT2D eigenvalue weighted by Gasteiger charge is -2.39. The number of methoxy groups -OCH3 is 1. The van der Waals surface area contributed by atoms with Crippen LogP contribution < -0.4 is 0 Å². The van der Waals surface area contributed by atoms with Crippen molar-refractivity contribution in [3.05, 3.63) is 35.4 Å². The first-order chi connectivity index (χ1) is 9.98. The van der Waals surface area contributed by atoms with Crippen LogP contribution in [-0.2, 0) is 14.0 Å². The van der Waals surface area contributed by atoms with Crippen LogP contribution in [0.3, 0.4) is 0 Å². The molecule has 0 amide bonds. The van der Waals surface area contributed by atoms with Gasteiger partial charge in [-0.1, -0.05) is 26.8 Å². The summed E-state index contributed by atoms with van der Waals surface area (Å²) in [5.74, 6) is -2.33. The number of hydrogen-bond donors (Lipinski definition) is 0. The third-order valence-electron chi connectivity index (χ3n) is 4.14. The van der Waals surface area contributed by atoms with Gasteiger partial charge in [-0.25, -0.2) is 8.78 Å². The van der Waals surface area contributed by atoms with Crippen LogP contribution in [0.25, 0.3) is 0 Å². The molecule has 0 aromatic heterocycles. The maximum atomic E-state index is 13.5. The van der Waals surface area contributed by atoms with Crippen LogP contribution in [0.15, 0.2) is 18.2 Å². The highest BCUT2D eigenvalue weighted by Gasteiger charge is 2.40. The highest BCUT2D eigenvalue weighted by atomic mass is 28.4. The van der Waals surface area contributed by atoms with Gasteiger partial charge in [-0.3, -0.25) is 4.79 Å². The Balaban J connectivity index is 3.13. The number of carbonyl (C=O) groups is 1. The van der Waals surface area contributed by atoms with Crippen LogP contribution in [0.4, 0.5) is 8.78 Å². The van der Waals surface area contributed by atoms with E-state index in [4.69, 9.17) is 4.43 Å². The molecule has 0 fully saturated rings. The Bertz CT molecular complexity index is 539. The van der Waals surface area contributed by atoms with Crippen molar-refractivity contribution in [1.82, 2.24) is 0 Å². The molecular weight excluding hydrogens is 306 g/mol. The topological polar surface area (TPSA) is 35.5 Å². The van der Waals surface area contributed by atoms with Crippen molar-refractivity contribution < 1.29 is 22.7 Å². The van der Waals surface area contributed by atoms with E-state index < -0.39 is 32.0 Å². The third-order valence-corrected chi connectivity index (χ3v) is 8.62. The highest BCUT2D eigenvalue weighted by Crippen LogP contribution is 2.40. The average molecular weight is 330 g/mol. The van der Waals surface area contributed by atoms with Crippen LogP contribution in [-0.4, -0.2) is 21.4 Å². The van der Waals surface area contributed by atoms with Gasteiger partial charge in [0.1, 0.15) is 0 Å². The fourth-order valence-corrected chi connectivity index (χ4v) is 2.99. The summed E-state index contributed by atoms with van der Waals surface area (Å²) in [7, 11) is -0.897. The molecule has 1 aromatic carbocycles. The second kappa shape index (κ2) is 6.87. The Morgan fingerprint density at radius 3 is 2.27 bits per heavy atom. The van der Waals surface area contributed by atoms with Crippen molar-refractivity contribution in [2.45, 2.75) is 51.4 Å². The molecule has 0 aliphatic rings. The predicted octanol–water partition coefficient (Wildman–Crippen LogP) is 4.59. The summed E-state index contributed by atoms with van der Waals surface area (Å²) >= 11 is 0. The molecule has 0 radical (unpaired) electrons. The fraction of sp³-hybridized carbons (Fsp3) is 0.562. The van der Waals surface area contributed by atoms with Gasteiger partial charge in [0.25, 0.3) is 0 Å². The van der Waals surface area contributed by atoms with E-state index in [-0.39, 0.29) is 11.5 Å². The molecule has 6 heteroatoms. The first-order valence-corrected chi connectivity index (χ1v) is 10.1. The summed E-state index contributed by atoms with van der Waals surface area (Å²) in [6.45, 7) is 10.3. The minimum absolute atomic E-state index is 0.0336. The lowest BCUT2D eigenvalue weighted by atomic mass is 10.1. The smallest absolute Gasteiger partial charge is 0.308 e. The minimum Gasteiger partial charge on any atom is -0.469 e. The molecule has 0 heterocycles. The molecule has 1 rings (SSSR count). The van der Waals surface area contributed by atoms with Gasteiger partial charge in [0.2, 0.25) is 0 Å².